The van der Waals surface area contributed by atoms with Gasteiger partial charge in [-0.3, -0.25) is 9.79 Å². The summed E-state index contributed by atoms with van der Waals surface area (Å²) in [6, 6.07) is 7.20. The number of hydrogen-bond acceptors (Lipinski definition) is 3. The summed E-state index contributed by atoms with van der Waals surface area (Å²) in [6.07, 6.45) is -0.415. The smallest absolute Gasteiger partial charge is 0.170 e. The van der Waals surface area contributed by atoms with Crippen LogP contribution in [0.5, 0.6) is 0 Å². The summed E-state index contributed by atoms with van der Waals surface area (Å²) in [5.41, 5.74) is 1.87. The molecule has 72 valence electrons. The first-order valence-corrected chi connectivity index (χ1v) is 4.56. The minimum Gasteiger partial charge on any atom is -0.387 e. The molecular weight excluding hydrogens is 178 g/mol. The maximum atomic E-state index is 11.6. The van der Waals surface area contributed by atoms with E-state index in [0.717, 1.165) is 0 Å². The van der Waals surface area contributed by atoms with E-state index in [1.165, 1.54) is 0 Å². The zero-order valence-electron chi connectivity index (χ0n) is 7.90. The number of rotatable bonds is 1. The third kappa shape index (κ3) is 1.46. The van der Waals surface area contributed by atoms with E-state index >= 15 is 0 Å². The Bertz CT molecular complexity index is 408. The van der Waals surface area contributed by atoms with Gasteiger partial charge in [0.2, 0.25) is 0 Å². The molecule has 0 saturated heterocycles. The summed E-state index contributed by atoms with van der Waals surface area (Å²) in [4.78, 5) is 15.8. The van der Waals surface area contributed by atoms with Crippen molar-refractivity contribution in [1.29, 1.82) is 0 Å². The number of aliphatic imine (C=N–C) groups is 1. The summed E-state index contributed by atoms with van der Waals surface area (Å²) in [5.74, 6) is 0.0338. The molecule has 1 atom stereocenters. The molecule has 14 heavy (non-hydrogen) atoms. The van der Waals surface area contributed by atoms with Crippen LogP contribution in [0.2, 0.25) is 0 Å². The first-order valence-electron chi connectivity index (χ1n) is 4.56. The molecule has 3 nitrogen and oxygen atoms in total. The van der Waals surface area contributed by atoms with Crippen LogP contribution in [0, 0.1) is 0 Å². The molecule has 1 heterocycles. The number of carbonyl (C=O) groups excluding carboxylic acids is 1. The fraction of sp³-hybridized carbons (Fsp3) is 0.273. The Hall–Kier alpha value is -1.48. The largest absolute Gasteiger partial charge is 0.387 e. The van der Waals surface area contributed by atoms with E-state index in [2.05, 4.69) is 4.99 Å². The molecule has 1 aliphatic rings. The van der Waals surface area contributed by atoms with E-state index in [4.69, 9.17) is 0 Å². The zero-order valence-corrected chi connectivity index (χ0v) is 7.90. The molecule has 0 radical (unpaired) electrons. The Morgan fingerprint density at radius 2 is 2.14 bits per heavy atom. The molecule has 0 aromatic heterocycles. The summed E-state index contributed by atoms with van der Waals surface area (Å²) >= 11 is 0. The van der Waals surface area contributed by atoms with E-state index in [0.29, 0.717) is 17.0 Å². The van der Waals surface area contributed by atoms with Gasteiger partial charge in [0.25, 0.3) is 0 Å². The highest BCUT2D eigenvalue weighted by Crippen LogP contribution is 2.25. The Morgan fingerprint density at radius 1 is 1.43 bits per heavy atom. The third-order valence-electron chi connectivity index (χ3n) is 2.29. The number of carbonyl (C=O) groups is 1. The van der Waals surface area contributed by atoms with Gasteiger partial charge in [-0.1, -0.05) is 12.1 Å². The lowest BCUT2D eigenvalue weighted by Crippen LogP contribution is -2.23. The number of para-hydroxylation sites is 1. The summed E-state index contributed by atoms with van der Waals surface area (Å²) in [6.45, 7) is 1.63. The number of aliphatic hydroxyl groups excluding tert-OH is 1. The number of hydrogen-bond donors (Lipinski definition) is 1. The fourth-order valence-corrected chi connectivity index (χ4v) is 1.50. The predicted octanol–water partition coefficient (Wildman–Crippen LogP) is 1.73. The number of Topliss-reactive ketones (excluding diaryl/α,β-unsaturated/α-hetero) is 1. The van der Waals surface area contributed by atoms with Gasteiger partial charge in [0.05, 0.1) is 23.9 Å². The zero-order chi connectivity index (χ0) is 10.1. The predicted molar refractivity (Wildman–Crippen MR) is 54.2 cm³/mol. The molecule has 1 aromatic rings. The van der Waals surface area contributed by atoms with Crippen LogP contribution in [0.1, 0.15) is 23.7 Å². The van der Waals surface area contributed by atoms with Crippen molar-refractivity contribution in [1.82, 2.24) is 0 Å². The van der Waals surface area contributed by atoms with Crippen LogP contribution in [-0.2, 0) is 0 Å². The highest BCUT2D eigenvalue weighted by molar-refractivity contribution is 6.16. The number of fused-ring (bicyclic) bond motifs is 1. The maximum absolute atomic E-state index is 11.6. The van der Waals surface area contributed by atoms with Crippen molar-refractivity contribution in [2.24, 2.45) is 4.99 Å². The summed E-state index contributed by atoms with van der Waals surface area (Å²) in [7, 11) is 0. The van der Waals surface area contributed by atoms with E-state index in [-0.39, 0.29) is 12.2 Å². The van der Waals surface area contributed by atoms with Crippen LogP contribution < -0.4 is 0 Å². The molecule has 0 aliphatic carbocycles. The molecule has 0 saturated carbocycles. The highest BCUT2D eigenvalue weighted by atomic mass is 16.3. The van der Waals surface area contributed by atoms with Gasteiger partial charge in [-0.2, -0.15) is 0 Å². The first-order chi connectivity index (χ1) is 6.68. The summed E-state index contributed by atoms with van der Waals surface area (Å²) < 4.78 is 0. The topological polar surface area (TPSA) is 49.7 Å². The summed E-state index contributed by atoms with van der Waals surface area (Å²) in [5, 5.41) is 9.34. The molecule has 1 aliphatic heterocycles. The van der Waals surface area contributed by atoms with Gasteiger partial charge in [0, 0.05) is 5.56 Å². The van der Waals surface area contributed by atoms with Gasteiger partial charge < -0.3 is 5.11 Å². The Balaban J connectivity index is 2.50. The normalized spacial score (nSPS) is 17.3. The fourth-order valence-electron chi connectivity index (χ4n) is 1.50. The van der Waals surface area contributed by atoms with Gasteiger partial charge >= 0.3 is 0 Å². The molecule has 0 amide bonds. The second-order valence-corrected chi connectivity index (χ2v) is 3.40. The van der Waals surface area contributed by atoms with E-state index in [1.807, 2.05) is 12.1 Å². The molecule has 3 heteroatoms. The van der Waals surface area contributed by atoms with Crippen molar-refractivity contribution < 1.29 is 9.90 Å². The Morgan fingerprint density at radius 3 is 2.86 bits per heavy atom. The average Bonchev–Trinajstić information content (AvgIpc) is 2.17. The van der Waals surface area contributed by atoms with Crippen molar-refractivity contribution in [2.75, 3.05) is 0 Å². The SMILES string of the molecule is CC(O)C1=Nc2ccccc2C(=O)C1. The molecular formula is C11H11NO2. The van der Waals surface area contributed by atoms with Crippen LogP contribution in [0.3, 0.4) is 0 Å². The number of ketones is 1. The quantitative estimate of drug-likeness (QED) is 0.731. The number of benzene rings is 1. The second-order valence-electron chi connectivity index (χ2n) is 3.40. The van der Waals surface area contributed by atoms with E-state index < -0.39 is 6.10 Å². The van der Waals surface area contributed by atoms with Crippen LogP contribution in [0.4, 0.5) is 5.69 Å². The Kier molecular flexibility index (Phi) is 2.17. The lowest BCUT2D eigenvalue weighted by molar-refractivity contribution is 0.0995. The van der Waals surface area contributed by atoms with E-state index in [9.17, 15) is 9.90 Å². The van der Waals surface area contributed by atoms with Crippen LogP contribution in [-0.4, -0.2) is 22.7 Å². The van der Waals surface area contributed by atoms with Crippen molar-refractivity contribution >= 4 is 17.2 Å². The minimum absolute atomic E-state index is 0.0338. The van der Waals surface area contributed by atoms with Crippen LogP contribution >= 0.6 is 0 Å². The molecule has 0 spiro atoms. The number of aliphatic hydroxyl groups is 1. The lowest BCUT2D eigenvalue weighted by Gasteiger charge is -2.15. The lowest BCUT2D eigenvalue weighted by atomic mass is 9.98. The molecule has 1 N–H and O–H groups in total. The third-order valence-corrected chi connectivity index (χ3v) is 2.29. The minimum atomic E-state index is -0.646. The van der Waals surface area contributed by atoms with Gasteiger partial charge in [-0.25, -0.2) is 0 Å². The molecule has 2 rings (SSSR count). The first kappa shape index (κ1) is 9.09. The van der Waals surface area contributed by atoms with Crippen molar-refractivity contribution in [3.05, 3.63) is 29.8 Å². The van der Waals surface area contributed by atoms with Gasteiger partial charge in [-0.15, -0.1) is 0 Å². The van der Waals surface area contributed by atoms with Crippen molar-refractivity contribution in [2.45, 2.75) is 19.4 Å². The van der Waals surface area contributed by atoms with Crippen LogP contribution in [0.25, 0.3) is 0 Å². The van der Waals surface area contributed by atoms with Gasteiger partial charge in [-0.05, 0) is 19.1 Å². The highest BCUT2D eigenvalue weighted by Gasteiger charge is 2.21. The standard InChI is InChI=1S/C11H11NO2/c1-7(13)10-6-11(14)8-4-2-3-5-9(8)12-10/h2-5,7,13H,6H2,1H3. The number of nitrogens with zero attached hydrogens (tertiary/aromatic N) is 1. The van der Waals surface area contributed by atoms with Crippen LogP contribution in [0.15, 0.2) is 29.3 Å². The monoisotopic (exact) mass is 189 g/mol. The molecule has 1 aromatic carbocycles. The Labute approximate surface area is 82.1 Å². The molecule has 0 bridgehead atoms. The maximum Gasteiger partial charge on any atom is 0.170 e. The average molecular weight is 189 g/mol. The molecule has 0 fully saturated rings. The van der Waals surface area contributed by atoms with Gasteiger partial charge in [0.1, 0.15) is 0 Å². The second kappa shape index (κ2) is 3.35. The molecule has 1 unspecified atom stereocenters. The van der Waals surface area contributed by atoms with Crippen molar-refractivity contribution in [3.63, 3.8) is 0 Å². The van der Waals surface area contributed by atoms with E-state index in [1.54, 1.807) is 19.1 Å². The van der Waals surface area contributed by atoms with Gasteiger partial charge in [0.15, 0.2) is 5.78 Å². The van der Waals surface area contributed by atoms with Crippen molar-refractivity contribution in [3.8, 4) is 0 Å².